The summed E-state index contributed by atoms with van der Waals surface area (Å²) >= 11 is 5.82. The lowest BCUT2D eigenvalue weighted by molar-refractivity contribution is -0.142. The molecular weight excluding hydrogens is 308 g/mol. The van der Waals surface area contributed by atoms with Crippen molar-refractivity contribution >= 4 is 17.6 Å². The Bertz CT molecular complexity index is 612. The zero-order chi connectivity index (χ0) is 15.9. The average Bonchev–Trinajstić information content (AvgIpc) is 2.88. The molecule has 0 N–H and O–H groups in total. The van der Waals surface area contributed by atoms with Crippen molar-refractivity contribution in [3.63, 3.8) is 0 Å². The third-order valence-electron chi connectivity index (χ3n) is 2.72. The van der Waals surface area contributed by atoms with Gasteiger partial charge in [0.05, 0.1) is 13.0 Å². The molecule has 0 amide bonds. The van der Waals surface area contributed by atoms with Crippen molar-refractivity contribution in [2.45, 2.75) is 32.8 Å². The summed E-state index contributed by atoms with van der Waals surface area (Å²) in [6, 6.07) is 7.10. The number of carbonyl (C=O) groups excluding carboxylic acids is 1. The molecule has 0 saturated heterocycles. The molecule has 2 rings (SSSR count). The molecule has 1 aromatic carbocycles. The van der Waals surface area contributed by atoms with Crippen LogP contribution in [0.1, 0.15) is 25.6 Å². The van der Waals surface area contributed by atoms with Gasteiger partial charge >= 0.3 is 5.97 Å². The summed E-state index contributed by atoms with van der Waals surface area (Å²) in [5.74, 6) is 0.985. The molecular formula is C15H17ClN2O4. The molecule has 1 unspecified atom stereocenters. The van der Waals surface area contributed by atoms with Crippen LogP contribution in [0.4, 0.5) is 0 Å². The van der Waals surface area contributed by atoms with Gasteiger partial charge in [-0.25, -0.2) is 0 Å². The predicted octanol–water partition coefficient (Wildman–Crippen LogP) is 2.84. The fourth-order valence-corrected chi connectivity index (χ4v) is 1.94. The van der Waals surface area contributed by atoms with E-state index in [0.717, 1.165) is 0 Å². The topological polar surface area (TPSA) is 74.5 Å². The van der Waals surface area contributed by atoms with Crippen LogP contribution in [0, 0.1) is 0 Å². The lowest BCUT2D eigenvalue weighted by atomic mass is 10.3. The second kappa shape index (κ2) is 7.79. The minimum absolute atomic E-state index is 0.0206. The second-order valence-corrected chi connectivity index (χ2v) is 5.09. The fourth-order valence-electron chi connectivity index (χ4n) is 1.81. The van der Waals surface area contributed by atoms with Gasteiger partial charge in [-0.15, -0.1) is 10.2 Å². The van der Waals surface area contributed by atoms with E-state index in [4.69, 9.17) is 25.5 Å². The van der Waals surface area contributed by atoms with Crippen molar-refractivity contribution < 1.29 is 18.7 Å². The number of aromatic nitrogens is 2. The molecule has 0 aliphatic heterocycles. The van der Waals surface area contributed by atoms with Gasteiger partial charge in [0.25, 0.3) is 0 Å². The van der Waals surface area contributed by atoms with Crippen molar-refractivity contribution in [2.24, 2.45) is 0 Å². The summed E-state index contributed by atoms with van der Waals surface area (Å²) in [5.41, 5.74) is 0. The van der Waals surface area contributed by atoms with Gasteiger partial charge in [0.2, 0.25) is 11.8 Å². The van der Waals surface area contributed by atoms with Crippen LogP contribution in [-0.4, -0.2) is 28.9 Å². The summed E-state index contributed by atoms with van der Waals surface area (Å²) < 4.78 is 16.0. The number of nitrogens with zero attached hydrogens (tertiary/aromatic N) is 2. The highest BCUT2D eigenvalue weighted by molar-refractivity contribution is 6.30. The Morgan fingerprint density at radius 3 is 2.64 bits per heavy atom. The Hall–Kier alpha value is -2.08. The first-order valence-electron chi connectivity index (χ1n) is 6.96. The van der Waals surface area contributed by atoms with Gasteiger partial charge in [0.15, 0.2) is 0 Å². The number of rotatable bonds is 7. The third-order valence-corrected chi connectivity index (χ3v) is 2.97. The van der Waals surface area contributed by atoms with Crippen LogP contribution in [0.3, 0.4) is 0 Å². The molecule has 22 heavy (non-hydrogen) atoms. The number of hydrogen-bond acceptors (Lipinski definition) is 6. The van der Waals surface area contributed by atoms with Gasteiger partial charge in [-0.1, -0.05) is 11.6 Å². The largest absolute Gasteiger partial charge is 0.490 e. The van der Waals surface area contributed by atoms with Crippen LogP contribution in [0.15, 0.2) is 28.7 Å². The van der Waals surface area contributed by atoms with Crippen LogP contribution < -0.4 is 4.74 Å². The second-order valence-electron chi connectivity index (χ2n) is 4.66. The molecule has 6 nitrogen and oxygen atoms in total. The summed E-state index contributed by atoms with van der Waals surface area (Å²) in [5, 5.41) is 8.37. The summed E-state index contributed by atoms with van der Waals surface area (Å²) in [6.07, 6.45) is 0.267. The van der Waals surface area contributed by atoms with Crippen LogP contribution >= 0.6 is 11.6 Å². The highest BCUT2D eigenvalue weighted by atomic mass is 35.5. The first kappa shape index (κ1) is 16.3. The molecule has 1 atom stereocenters. The average molecular weight is 325 g/mol. The molecule has 0 saturated carbocycles. The molecule has 0 spiro atoms. The highest BCUT2D eigenvalue weighted by Gasteiger charge is 2.14. The van der Waals surface area contributed by atoms with E-state index < -0.39 is 0 Å². The van der Waals surface area contributed by atoms with E-state index in [1.165, 1.54) is 0 Å². The Kier molecular flexibility index (Phi) is 5.77. The molecule has 2 aromatic rings. The molecule has 7 heteroatoms. The Morgan fingerprint density at radius 1 is 1.27 bits per heavy atom. The lowest BCUT2D eigenvalue weighted by Crippen LogP contribution is -2.15. The smallest absolute Gasteiger partial charge is 0.315 e. The van der Waals surface area contributed by atoms with E-state index >= 15 is 0 Å². The monoisotopic (exact) mass is 324 g/mol. The first-order valence-corrected chi connectivity index (χ1v) is 7.33. The molecule has 0 radical (unpaired) electrons. The Balaban J connectivity index is 1.86. The van der Waals surface area contributed by atoms with Crippen LogP contribution in [-0.2, 0) is 22.4 Å². The minimum atomic E-state index is -0.386. The fraction of sp³-hybridized carbons (Fsp3) is 0.400. The third kappa shape index (κ3) is 5.04. The van der Waals surface area contributed by atoms with E-state index in [-0.39, 0.29) is 24.4 Å². The number of ether oxygens (including phenoxy) is 2. The number of benzene rings is 1. The standard InChI is InChI=1S/C15H17ClN2O4/c1-3-20-15(19)9-14-18-17-13(22-14)8-10(2)21-12-6-4-11(16)5-7-12/h4-7,10H,3,8-9H2,1-2H3. The number of esters is 1. The highest BCUT2D eigenvalue weighted by Crippen LogP contribution is 2.18. The zero-order valence-electron chi connectivity index (χ0n) is 12.4. The normalized spacial score (nSPS) is 12.0. The van der Waals surface area contributed by atoms with E-state index in [2.05, 4.69) is 10.2 Å². The van der Waals surface area contributed by atoms with Crippen LogP contribution in [0.5, 0.6) is 5.75 Å². The van der Waals surface area contributed by atoms with Gasteiger partial charge < -0.3 is 13.9 Å². The van der Waals surface area contributed by atoms with Crippen molar-refractivity contribution in [2.75, 3.05) is 6.61 Å². The molecule has 0 aliphatic carbocycles. The molecule has 0 fully saturated rings. The molecule has 118 valence electrons. The first-order chi connectivity index (χ1) is 10.6. The van der Waals surface area contributed by atoms with Gasteiger partial charge in [-0.3, -0.25) is 4.79 Å². The molecule has 1 aromatic heterocycles. The van der Waals surface area contributed by atoms with Gasteiger partial charge in [0.1, 0.15) is 18.3 Å². The maximum atomic E-state index is 11.3. The van der Waals surface area contributed by atoms with E-state index in [1.807, 2.05) is 6.92 Å². The molecule has 0 bridgehead atoms. The van der Waals surface area contributed by atoms with Crippen LogP contribution in [0.2, 0.25) is 5.02 Å². The molecule has 1 heterocycles. The lowest BCUT2D eigenvalue weighted by Gasteiger charge is -2.12. The van der Waals surface area contributed by atoms with Gasteiger partial charge in [-0.05, 0) is 38.1 Å². The molecule has 0 aliphatic rings. The maximum absolute atomic E-state index is 11.3. The van der Waals surface area contributed by atoms with Crippen molar-refractivity contribution in [1.82, 2.24) is 10.2 Å². The summed E-state index contributed by atoms with van der Waals surface area (Å²) in [6.45, 7) is 3.96. The van der Waals surface area contributed by atoms with Gasteiger partial charge in [0, 0.05) is 5.02 Å². The van der Waals surface area contributed by atoms with E-state index in [9.17, 15) is 4.79 Å². The van der Waals surface area contributed by atoms with E-state index in [1.54, 1.807) is 31.2 Å². The van der Waals surface area contributed by atoms with E-state index in [0.29, 0.717) is 29.7 Å². The predicted molar refractivity (Wildman–Crippen MR) is 79.9 cm³/mol. The number of hydrogen-bond donors (Lipinski definition) is 0. The maximum Gasteiger partial charge on any atom is 0.315 e. The summed E-state index contributed by atoms with van der Waals surface area (Å²) in [4.78, 5) is 11.3. The minimum Gasteiger partial charge on any atom is -0.490 e. The van der Waals surface area contributed by atoms with Crippen molar-refractivity contribution in [3.8, 4) is 5.75 Å². The summed E-state index contributed by atoms with van der Waals surface area (Å²) in [7, 11) is 0. The zero-order valence-corrected chi connectivity index (χ0v) is 13.2. The Labute approximate surface area is 133 Å². The SMILES string of the molecule is CCOC(=O)Cc1nnc(CC(C)Oc2ccc(Cl)cc2)o1. The van der Waals surface area contributed by atoms with Crippen molar-refractivity contribution in [1.29, 1.82) is 0 Å². The Morgan fingerprint density at radius 2 is 1.95 bits per heavy atom. The van der Waals surface area contributed by atoms with Gasteiger partial charge in [-0.2, -0.15) is 0 Å². The number of carbonyl (C=O) groups is 1. The quantitative estimate of drug-likeness (QED) is 0.729. The van der Waals surface area contributed by atoms with Crippen molar-refractivity contribution in [3.05, 3.63) is 41.1 Å². The number of halogens is 1. The van der Waals surface area contributed by atoms with Crippen LogP contribution in [0.25, 0.3) is 0 Å².